The summed E-state index contributed by atoms with van der Waals surface area (Å²) in [6, 6.07) is 4.85. The molecule has 0 amide bonds. The molecular formula is C14H18Cl2O2. The molecule has 0 N–H and O–H groups in total. The van der Waals surface area contributed by atoms with Crippen LogP contribution in [0.5, 0.6) is 0 Å². The average Bonchev–Trinajstić information content (AvgIpc) is 2.27. The summed E-state index contributed by atoms with van der Waals surface area (Å²) in [6.07, 6.45) is 0.303. The normalized spacial score (nSPS) is 13.4. The Kier molecular flexibility index (Phi) is 5.20. The molecule has 1 atom stereocenters. The summed E-state index contributed by atoms with van der Waals surface area (Å²) in [5, 5.41) is 0.872. The van der Waals surface area contributed by atoms with Crippen molar-refractivity contribution >= 4 is 29.0 Å². The van der Waals surface area contributed by atoms with Crippen LogP contribution in [0.15, 0.2) is 18.2 Å². The Morgan fingerprint density at radius 2 is 2.00 bits per heavy atom. The summed E-state index contributed by atoms with van der Waals surface area (Å²) >= 11 is 11.8. The number of hydrogen-bond acceptors (Lipinski definition) is 2. The molecule has 0 heterocycles. The largest absolute Gasteiger partial charge is 0.364 e. The fraction of sp³-hybridized carbons (Fsp3) is 0.500. The second-order valence-electron chi connectivity index (χ2n) is 4.86. The van der Waals surface area contributed by atoms with Crippen LogP contribution < -0.4 is 0 Å². The van der Waals surface area contributed by atoms with Crippen molar-refractivity contribution in [2.45, 2.75) is 45.8 Å². The molecule has 0 radical (unpaired) electrons. The molecule has 0 saturated carbocycles. The number of carbonyl (C=O) groups is 1. The summed E-state index contributed by atoms with van der Waals surface area (Å²) < 4.78 is 5.75. The summed E-state index contributed by atoms with van der Waals surface area (Å²) in [6.45, 7) is 7.68. The van der Waals surface area contributed by atoms with Gasteiger partial charge in [-0.2, -0.15) is 0 Å². The van der Waals surface area contributed by atoms with Crippen molar-refractivity contribution in [1.82, 2.24) is 0 Å². The molecule has 0 saturated heterocycles. The van der Waals surface area contributed by atoms with Crippen LogP contribution in [0.2, 0.25) is 10.0 Å². The fourth-order valence-corrected chi connectivity index (χ4v) is 2.03. The zero-order valence-electron chi connectivity index (χ0n) is 11.1. The van der Waals surface area contributed by atoms with Crippen LogP contribution in [0, 0.1) is 0 Å². The van der Waals surface area contributed by atoms with Crippen LogP contribution in [0.25, 0.3) is 0 Å². The van der Waals surface area contributed by atoms with E-state index in [1.807, 2.05) is 20.8 Å². The van der Waals surface area contributed by atoms with Gasteiger partial charge < -0.3 is 4.74 Å². The van der Waals surface area contributed by atoms with Crippen molar-refractivity contribution in [2.24, 2.45) is 0 Å². The van der Waals surface area contributed by atoms with Gasteiger partial charge in [-0.05, 0) is 45.4 Å². The quantitative estimate of drug-likeness (QED) is 0.730. The molecule has 0 aromatic heterocycles. The number of ketones is 1. The van der Waals surface area contributed by atoms with Gasteiger partial charge in [0.1, 0.15) is 6.10 Å². The molecule has 0 bridgehead atoms. The van der Waals surface area contributed by atoms with Gasteiger partial charge in [-0.1, -0.05) is 30.1 Å². The van der Waals surface area contributed by atoms with Gasteiger partial charge in [0.25, 0.3) is 0 Å². The SMILES string of the molecule is CCC(C)(C)OC(C)C(=O)c1ccc(Cl)cc1Cl. The maximum atomic E-state index is 12.2. The first-order chi connectivity index (χ1) is 8.26. The van der Waals surface area contributed by atoms with E-state index in [1.54, 1.807) is 25.1 Å². The molecule has 100 valence electrons. The summed E-state index contributed by atoms with van der Waals surface area (Å²) in [5.74, 6) is -0.127. The van der Waals surface area contributed by atoms with E-state index >= 15 is 0 Å². The van der Waals surface area contributed by atoms with Gasteiger partial charge >= 0.3 is 0 Å². The maximum absolute atomic E-state index is 12.2. The van der Waals surface area contributed by atoms with E-state index < -0.39 is 6.10 Å². The highest BCUT2D eigenvalue weighted by molar-refractivity contribution is 6.37. The van der Waals surface area contributed by atoms with Crippen LogP contribution in [-0.2, 0) is 4.74 Å². The zero-order valence-corrected chi connectivity index (χ0v) is 12.6. The van der Waals surface area contributed by atoms with Crippen LogP contribution in [0.4, 0.5) is 0 Å². The number of halogens is 2. The molecule has 0 fully saturated rings. The van der Waals surface area contributed by atoms with Gasteiger partial charge in [-0.25, -0.2) is 0 Å². The first kappa shape index (κ1) is 15.5. The Bertz CT molecular complexity index is 441. The van der Waals surface area contributed by atoms with Crippen molar-refractivity contribution in [1.29, 1.82) is 0 Å². The van der Waals surface area contributed by atoms with Crippen molar-refractivity contribution < 1.29 is 9.53 Å². The van der Waals surface area contributed by atoms with Crippen molar-refractivity contribution in [3.8, 4) is 0 Å². The van der Waals surface area contributed by atoms with Crippen molar-refractivity contribution in [2.75, 3.05) is 0 Å². The summed E-state index contributed by atoms with van der Waals surface area (Å²) in [4.78, 5) is 12.2. The minimum absolute atomic E-state index is 0.127. The van der Waals surface area contributed by atoms with E-state index in [9.17, 15) is 4.79 Å². The summed E-state index contributed by atoms with van der Waals surface area (Å²) in [5.41, 5.74) is 0.119. The molecule has 1 aromatic rings. The molecule has 1 unspecified atom stereocenters. The van der Waals surface area contributed by atoms with Gasteiger partial charge in [0.2, 0.25) is 0 Å². The topological polar surface area (TPSA) is 26.3 Å². The van der Waals surface area contributed by atoms with E-state index in [0.717, 1.165) is 6.42 Å². The molecule has 0 aliphatic heterocycles. The van der Waals surface area contributed by atoms with Crippen LogP contribution >= 0.6 is 23.2 Å². The molecule has 0 aliphatic rings. The fourth-order valence-electron chi connectivity index (χ4n) is 1.52. The molecule has 0 aliphatic carbocycles. The first-order valence-electron chi connectivity index (χ1n) is 5.94. The van der Waals surface area contributed by atoms with Crippen molar-refractivity contribution in [3.63, 3.8) is 0 Å². The zero-order chi connectivity index (χ0) is 13.9. The minimum Gasteiger partial charge on any atom is -0.364 e. The maximum Gasteiger partial charge on any atom is 0.192 e. The average molecular weight is 289 g/mol. The number of rotatable bonds is 5. The highest BCUT2D eigenvalue weighted by Crippen LogP contribution is 2.24. The van der Waals surface area contributed by atoms with E-state index in [-0.39, 0.29) is 11.4 Å². The van der Waals surface area contributed by atoms with E-state index in [2.05, 4.69) is 0 Å². The molecule has 1 rings (SSSR count). The Balaban J connectivity index is 2.87. The van der Waals surface area contributed by atoms with Gasteiger partial charge in [-0.3, -0.25) is 4.79 Å². The predicted octanol–water partition coefficient (Wildman–Crippen LogP) is 4.77. The molecule has 18 heavy (non-hydrogen) atoms. The standard InChI is InChI=1S/C14H18Cl2O2/c1-5-14(3,4)18-9(2)13(17)11-7-6-10(15)8-12(11)16/h6-9H,5H2,1-4H3. The lowest BCUT2D eigenvalue weighted by molar-refractivity contribution is -0.0517. The van der Waals surface area contributed by atoms with Crippen LogP contribution in [-0.4, -0.2) is 17.5 Å². The van der Waals surface area contributed by atoms with Gasteiger partial charge in [-0.15, -0.1) is 0 Å². The second kappa shape index (κ2) is 6.05. The second-order valence-corrected chi connectivity index (χ2v) is 5.71. The Hall–Kier alpha value is -0.570. The van der Waals surface area contributed by atoms with Crippen LogP contribution in [0.1, 0.15) is 44.5 Å². The molecule has 0 spiro atoms. The van der Waals surface area contributed by atoms with Gasteiger partial charge in [0.05, 0.1) is 10.6 Å². The number of carbonyl (C=O) groups excluding carboxylic acids is 1. The van der Waals surface area contributed by atoms with Crippen molar-refractivity contribution in [3.05, 3.63) is 33.8 Å². The number of ether oxygens (including phenoxy) is 1. The number of hydrogen-bond donors (Lipinski definition) is 0. The summed E-state index contributed by atoms with van der Waals surface area (Å²) in [7, 11) is 0. The monoisotopic (exact) mass is 288 g/mol. The lowest BCUT2D eigenvalue weighted by Gasteiger charge is -2.27. The Morgan fingerprint density at radius 3 is 2.50 bits per heavy atom. The number of Topliss-reactive ketones (excluding diaryl/α,β-unsaturated/α-hetero) is 1. The smallest absolute Gasteiger partial charge is 0.192 e. The lowest BCUT2D eigenvalue weighted by atomic mass is 10.0. The highest BCUT2D eigenvalue weighted by atomic mass is 35.5. The Labute approximate surface area is 118 Å². The Morgan fingerprint density at radius 1 is 1.39 bits per heavy atom. The highest BCUT2D eigenvalue weighted by Gasteiger charge is 2.25. The molecule has 4 heteroatoms. The number of benzene rings is 1. The third kappa shape index (κ3) is 3.98. The van der Waals surface area contributed by atoms with Gasteiger partial charge in [0, 0.05) is 10.6 Å². The van der Waals surface area contributed by atoms with E-state index in [0.29, 0.717) is 15.6 Å². The van der Waals surface area contributed by atoms with E-state index in [4.69, 9.17) is 27.9 Å². The lowest BCUT2D eigenvalue weighted by Crippen LogP contribution is -2.33. The molecular weight excluding hydrogens is 271 g/mol. The van der Waals surface area contributed by atoms with Gasteiger partial charge in [0.15, 0.2) is 5.78 Å². The van der Waals surface area contributed by atoms with E-state index in [1.165, 1.54) is 0 Å². The predicted molar refractivity (Wildman–Crippen MR) is 75.7 cm³/mol. The first-order valence-corrected chi connectivity index (χ1v) is 6.69. The third-order valence-electron chi connectivity index (χ3n) is 2.91. The minimum atomic E-state index is -0.529. The van der Waals surface area contributed by atoms with Crippen LogP contribution in [0.3, 0.4) is 0 Å². The third-order valence-corrected chi connectivity index (χ3v) is 3.46. The molecule has 2 nitrogen and oxygen atoms in total. The molecule has 1 aromatic carbocycles.